The molecule has 7 heteroatoms. The van der Waals surface area contributed by atoms with Crippen molar-refractivity contribution in [2.75, 3.05) is 52.7 Å². The summed E-state index contributed by atoms with van der Waals surface area (Å²) < 4.78 is 29.3. The minimum absolute atomic E-state index is 0.0352. The fourth-order valence-corrected chi connectivity index (χ4v) is 4.86. The first-order chi connectivity index (χ1) is 10.6. The molecule has 3 fully saturated rings. The topological polar surface area (TPSA) is 49.4 Å². The lowest BCUT2D eigenvalue weighted by molar-refractivity contribution is -0.0943. The van der Waals surface area contributed by atoms with Crippen molar-refractivity contribution >= 4 is 8.80 Å². The number of ether oxygens (including phenoxy) is 2. The Morgan fingerprint density at radius 3 is 2.14 bits per heavy atom. The molecule has 0 N–H and O–H groups in total. The van der Waals surface area contributed by atoms with Gasteiger partial charge in [-0.2, -0.15) is 0 Å². The van der Waals surface area contributed by atoms with Crippen LogP contribution in [-0.4, -0.2) is 78.6 Å². The highest BCUT2D eigenvalue weighted by atomic mass is 28.4. The van der Waals surface area contributed by atoms with Gasteiger partial charge in [0.15, 0.2) is 0 Å². The van der Waals surface area contributed by atoms with Crippen LogP contribution in [0.2, 0.25) is 6.55 Å². The fourth-order valence-electron chi connectivity index (χ4n) is 2.71. The standard InChI is InChI=1S/C15H27NO5Si/c1-4-7-17-12-14-10-16-6-9-19-22(3,20-14)21-15(11-16)13-18-8-5-2/h4-5,14-15H,1-2,6-13H2,3H3. The summed E-state index contributed by atoms with van der Waals surface area (Å²) in [6.07, 6.45) is 3.41. The van der Waals surface area contributed by atoms with Crippen molar-refractivity contribution in [3.63, 3.8) is 0 Å². The minimum atomic E-state index is -2.67. The molecule has 126 valence electrons. The predicted molar refractivity (Wildman–Crippen MR) is 85.8 cm³/mol. The van der Waals surface area contributed by atoms with E-state index in [-0.39, 0.29) is 12.2 Å². The van der Waals surface area contributed by atoms with Crippen molar-refractivity contribution < 1.29 is 22.8 Å². The van der Waals surface area contributed by atoms with Crippen LogP contribution >= 0.6 is 0 Å². The molecule has 6 nitrogen and oxygen atoms in total. The van der Waals surface area contributed by atoms with Crippen molar-refractivity contribution in [3.05, 3.63) is 25.3 Å². The first-order valence-electron chi connectivity index (χ1n) is 7.74. The second-order valence-corrected chi connectivity index (χ2v) is 8.09. The van der Waals surface area contributed by atoms with Gasteiger partial charge in [0.1, 0.15) is 0 Å². The summed E-state index contributed by atoms with van der Waals surface area (Å²) in [5.41, 5.74) is 0. The van der Waals surface area contributed by atoms with E-state index < -0.39 is 8.80 Å². The number of rotatable bonds is 8. The summed E-state index contributed by atoms with van der Waals surface area (Å²) in [6.45, 7) is 14.5. The van der Waals surface area contributed by atoms with Gasteiger partial charge in [0.2, 0.25) is 0 Å². The molecule has 3 aliphatic rings. The Bertz CT molecular complexity index is 342. The maximum absolute atomic E-state index is 6.15. The average molecular weight is 329 g/mol. The van der Waals surface area contributed by atoms with Gasteiger partial charge in [-0.05, 0) is 0 Å². The molecule has 0 amide bonds. The van der Waals surface area contributed by atoms with E-state index in [4.69, 9.17) is 22.8 Å². The lowest BCUT2D eigenvalue weighted by Crippen LogP contribution is -2.60. The van der Waals surface area contributed by atoms with Crippen LogP contribution in [0.4, 0.5) is 0 Å². The quantitative estimate of drug-likeness (QED) is 0.377. The number of nitrogens with zero attached hydrogens (tertiary/aromatic N) is 1. The highest BCUT2D eigenvalue weighted by Gasteiger charge is 2.44. The first-order valence-corrected chi connectivity index (χ1v) is 9.97. The molecule has 0 aromatic heterocycles. The van der Waals surface area contributed by atoms with E-state index in [1.807, 2.05) is 6.55 Å². The maximum Gasteiger partial charge on any atom is 0.498 e. The molecule has 0 aliphatic carbocycles. The highest BCUT2D eigenvalue weighted by Crippen LogP contribution is 2.22. The zero-order chi connectivity index (χ0) is 15.8. The number of fused-ring (bicyclic) bond motifs is 6. The second kappa shape index (κ2) is 8.93. The Labute approximate surface area is 134 Å². The average Bonchev–Trinajstić information content (AvgIpc) is 2.43. The van der Waals surface area contributed by atoms with Crippen LogP contribution in [0, 0.1) is 0 Å². The molecule has 3 aliphatic heterocycles. The normalized spacial score (nSPS) is 35.4. The fraction of sp³-hybridized carbons (Fsp3) is 0.733. The maximum atomic E-state index is 6.15. The molecule has 3 rings (SSSR count). The van der Waals surface area contributed by atoms with E-state index in [0.29, 0.717) is 33.0 Å². The van der Waals surface area contributed by atoms with Crippen LogP contribution in [0.3, 0.4) is 0 Å². The Morgan fingerprint density at radius 2 is 1.64 bits per heavy atom. The van der Waals surface area contributed by atoms with Crippen LogP contribution in [0.1, 0.15) is 0 Å². The summed E-state index contributed by atoms with van der Waals surface area (Å²) in [7, 11) is -2.67. The Morgan fingerprint density at radius 1 is 1.09 bits per heavy atom. The lowest BCUT2D eigenvalue weighted by atomic mass is 10.3. The second-order valence-electron chi connectivity index (χ2n) is 5.60. The van der Waals surface area contributed by atoms with Crippen LogP contribution < -0.4 is 0 Å². The molecule has 3 saturated heterocycles. The molecule has 2 atom stereocenters. The van der Waals surface area contributed by atoms with E-state index in [1.165, 1.54) is 0 Å². The van der Waals surface area contributed by atoms with Crippen molar-refractivity contribution in [2.45, 2.75) is 18.8 Å². The van der Waals surface area contributed by atoms with Gasteiger partial charge in [-0.1, -0.05) is 12.2 Å². The van der Waals surface area contributed by atoms with E-state index >= 15 is 0 Å². The molecule has 0 spiro atoms. The van der Waals surface area contributed by atoms with Crippen LogP contribution in [0.25, 0.3) is 0 Å². The predicted octanol–water partition coefficient (Wildman–Crippen LogP) is 1.08. The minimum Gasteiger partial charge on any atom is -0.375 e. The number of hydrogen-bond acceptors (Lipinski definition) is 6. The highest BCUT2D eigenvalue weighted by molar-refractivity contribution is 6.59. The van der Waals surface area contributed by atoms with Crippen LogP contribution in [0.15, 0.2) is 25.3 Å². The molecule has 2 bridgehead atoms. The largest absolute Gasteiger partial charge is 0.498 e. The van der Waals surface area contributed by atoms with Gasteiger partial charge in [-0.25, -0.2) is 0 Å². The van der Waals surface area contributed by atoms with Crippen LogP contribution in [-0.2, 0) is 22.8 Å². The summed E-state index contributed by atoms with van der Waals surface area (Å²) in [5.74, 6) is 0. The van der Waals surface area contributed by atoms with Crippen molar-refractivity contribution in [3.8, 4) is 0 Å². The zero-order valence-electron chi connectivity index (χ0n) is 13.4. The third-order valence-corrected chi connectivity index (χ3v) is 5.79. The summed E-state index contributed by atoms with van der Waals surface area (Å²) in [6, 6.07) is 0. The lowest BCUT2D eigenvalue weighted by Gasteiger charge is -2.43. The van der Waals surface area contributed by atoms with Crippen molar-refractivity contribution in [1.82, 2.24) is 4.90 Å². The molecular weight excluding hydrogens is 302 g/mol. The Hall–Kier alpha value is -0.543. The van der Waals surface area contributed by atoms with Crippen molar-refractivity contribution in [2.24, 2.45) is 0 Å². The summed E-state index contributed by atoms with van der Waals surface area (Å²) >= 11 is 0. The van der Waals surface area contributed by atoms with Gasteiger partial charge in [0.05, 0.1) is 45.2 Å². The molecule has 22 heavy (non-hydrogen) atoms. The zero-order valence-corrected chi connectivity index (χ0v) is 14.4. The molecular formula is C15H27NO5Si. The smallest absolute Gasteiger partial charge is 0.375 e. The molecule has 0 radical (unpaired) electrons. The molecule has 2 unspecified atom stereocenters. The van der Waals surface area contributed by atoms with E-state index in [1.54, 1.807) is 12.2 Å². The van der Waals surface area contributed by atoms with Gasteiger partial charge in [-0.3, -0.25) is 4.90 Å². The summed E-state index contributed by atoms with van der Waals surface area (Å²) in [4.78, 5) is 2.29. The molecule has 0 saturated carbocycles. The third kappa shape index (κ3) is 5.58. The monoisotopic (exact) mass is 329 g/mol. The molecule has 3 heterocycles. The van der Waals surface area contributed by atoms with Crippen molar-refractivity contribution in [1.29, 1.82) is 0 Å². The van der Waals surface area contributed by atoms with Gasteiger partial charge >= 0.3 is 8.80 Å². The van der Waals surface area contributed by atoms with Gasteiger partial charge in [0, 0.05) is 26.2 Å². The third-order valence-electron chi connectivity index (χ3n) is 3.54. The SMILES string of the molecule is C=CCOCC1CN2CCO[Si](C)(O1)OC(COCC=C)C2. The summed E-state index contributed by atoms with van der Waals surface area (Å²) in [5, 5.41) is 0. The Balaban J connectivity index is 1.96. The molecule has 0 aromatic rings. The first kappa shape index (κ1) is 17.8. The number of hydrogen-bond donors (Lipinski definition) is 0. The van der Waals surface area contributed by atoms with E-state index in [2.05, 4.69) is 18.1 Å². The van der Waals surface area contributed by atoms with Gasteiger partial charge in [-0.15, -0.1) is 13.2 Å². The molecule has 0 aromatic carbocycles. The van der Waals surface area contributed by atoms with Gasteiger partial charge < -0.3 is 22.8 Å². The van der Waals surface area contributed by atoms with Crippen LogP contribution in [0.5, 0.6) is 0 Å². The van der Waals surface area contributed by atoms with E-state index in [0.717, 1.165) is 19.6 Å². The van der Waals surface area contributed by atoms with Gasteiger partial charge in [0.25, 0.3) is 0 Å². The van der Waals surface area contributed by atoms with E-state index in [9.17, 15) is 0 Å². The Kier molecular flexibility index (Phi) is 7.22.